The molecule has 0 radical (unpaired) electrons. The highest BCUT2D eigenvalue weighted by Crippen LogP contribution is 2.39. The van der Waals surface area contributed by atoms with E-state index in [1.165, 1.54) is 6.07 Å². The molecule has 11 heteroatoms. The van der Waals surface area contributed by atoms with Crippen molar-refractivity contribution in [3.05, 3.63) is 53.8 Å². The van der Waals surface area contributed by atoms with Crippen LogP contribution in [0.25, 0.3) is 11.3 Å². The van der Waals surface area contributed by atoms with Gasteiger partial charge < -0.3 is 24.8 Å². The Bertz CT molecular complexity index is 1250. The smallest absolute Gasteiger partial charge is 0.226 e. The third-order valence-electron chi connectivity index (χ3n) is 6.38. The van der Waals surface area contributed by atoms with Gasteiger partial charge in [-0.15, -0.1) is 0 Å². The molecule has 0 bridgehead atoms. The Hall–Kier alpha value is -3.34. The molecule has 0 aromatic carbocycles. The lowest BCUT2D eigenvalue weighted by atomic mass is 10.1. The number of carbonyl (C=O) groups excluding carboxylic acids is 1. The van der Waals surface area contributed by atoms with Crippen LogP contribution in [0.1, 0.15) is 6.42 Å². The second kappa shape index (κ2) is 10.7. The van der Waals surface area contributed by atoms with Gasteiger partial charge in [0.05, 0.1) is 30.3 Å². The van der Waals surface area contributed by atoms with E-state index in [4.69, 9.17) is 16.3 Å². The highest BCUT2D eigenvalue weighted by atomic mass is 35.5. The SMILES string of the molecule is CN1CCN(CCC(=O)Nc2cc(N3CCOc4cnc(-c5cc(Cl)ncc5F)cc43)ccn2)CC1. The minimum Gasteiger partial charge on any atom is -0.488 e. The van der Waals surface area contributed by atoms with Gasteiger partial charge in [-0.1, -0.05) is 11.6 Å². The average molecular weight is 512 g/mol. The van der Waals surface area contributed by atoms with E-state index in [1.54, 1.807) is 18.5 Å². The van der Waals surface area contributed by atoms with Crippen LogP contribution < -0.4 is 15.0 Å². The lowest BCUT2D eigenvalue weighted by molar-refractivity contribution is -0.116. The van der Waals surface area contributed by atoms with Crippen LogP contribution in [0.2, 0.25) is 5.15 Å². The first kappa shape index (κ1) is 24.4. The standard InChI is InChI=1S/C25H27ClFN7O2/c1-32-6-8-33(9-7-32)5-3-25(35)31-24-12-17(2-4-28-24)34-10-11-36-22-16-29-20(14-21(22)34)18-13-23(26)30-15-19(18)27/h2,4,12-16H,3,5-11H2,1H3,(H,28,31,35). The highest BCUT2D eigenvalue weighted by molar-refractivity contribution is 6.29. The summed E-state index contributed by atoms with van der Waals surface area (Å²) in [5.74, 6) is 0.475. The maximum absolute atomic E-state index is 14.4. The van der Waals surface area contributed by atoms with Crippen molar-refractivity contribution in [3.8, 4) is 17.0 Å². The van der Waals surface area contributed by atoms with Crippen LogP contribution in [0.15, 0.2) is 42.9 Å². The Kier molecular flexibility index (Phi) is 7.26. The number of rotatable bonds is 6. The molecule has 5 heterocycles. The number of fused-ring (bicyclic) bond motifs is 1. The number of nitrogens with zero attached hydrogens (tertiary/aromatic N) is 6. The van der Waals surface area contributed by atoms with Gasteiger partial charge in [0, 0.05) is 62.7 Å². The third-order valence-corrected chi connectivity index (χ3v) is 6.59. The Balaban J connectivity index is 1.32. The maximum atomic E-state index is 14.4. The molecule has 0 spiro atoms. The van der Waals surface area contributed by atoms with Crippen molar-refractivity contribution in [2.75, 3.05) is 63.1 Å². The van der Waals surface area contributed by atoms with E-state index in [0.29, 0.717) is 36.8 Å². The summed E-state index contributed by atoms with van der Waals surface area (Å²) < 4.78 is 20.2. The fourth-order valence-corrected chi connectivity index (χ4v) is 4.50. The number of nitrogens with one attached hydrogen (secondary N) is 1. The quantitative estimate of drug-likeness (QED) is 0.504. The molecule has 36 heavy (non-hydrogen) atoms. The molecule has 1 N–H and O–H groups in total. The first-order chi connectivity index (χ1) is 17.5. The number of piperazine rings is 1. The van der Waals surface area contributed by atoms with Crippen molar-refractivity contribution in [1.29, 1.82) is 0 Å². The largest absolute Gasteiger partial charge is 0.488 e. The van der Waals surface area contributed by atoms with Crippen molar-refractivity contribution in [1.82, 2.24) is 24.8 Å². The Morgan fingerprint density at radius 3 is 2.78 bits per heavy atom. The molecule has 1 saturated heterocycles. The number of aromatic nitrogens is 3. The summed E-state index contributed by atoms with van der Waals surface area (Å²) >= 11 is 5.98. The first-order valence-corrected chi connectivity index (χ1v) is 12.2. The predicted molar refractivity (Wildman–Crippen MR) is 136 cm³/mol. The van der Waals surface area contributed by atoms with Gasteiger partial charge >= 0.3 is 0 Å². The number of hydrogen-bond acceptors (Lipinski definition) is 8. The fourth-order valence-electron chi connectivity index (χ4n) is 4.34. The molecule has 3 aromatic heterocycles. The van der Waals surface area contributed by atoms with Crippen molar-refractivity contribution in [2.45, 2.75) is 6.42 Å². The summed E-state index contributed by atoms with van der Waals surface area (Å²) in [4.78, 5) is 31.7. The fraction of sp³-hybridized carbons (Fsp3) is 0.360. The molecule has 1 amide bonds. The van der Waals surface area contributed by atoms with E-state index >= 15 is 0 Å². The number of pyridine rings is 3. The Labute approximate surface area is 213 Å². The second-order valence-electron chi connectivity index (χ2n) is 8.87. The van der Waals surface area contributed by atoms with Crippen LogP contribution >= 0.6 is 11.6 Å². The van der Waals surface area contributed by atoms with Crippen LogP contribution in [-0.2, 0) is 4.79 Å². The number of likely N-dealkylation sites (N-methyl/N-ethyl adjacent to an activating group) is 1. The average Bonchev–Trinajstić information content (AvgIpc) is 2.89. The van der Waals surface area contributed by atoms with E-state index in [-0.39, 0.29) is 16.6 Å². The molecule has 1 fully saturated rings. The predicted octanol–water partition coefficient (Wildman–Crippen LogP) is 3.44. The zero-order chi connectivity index (χ0) is 25.1. The molecular formula is C25H27ClFN7O2. The summed E-state index contributed by atoms with van der Waals surface area (Å²) in [5.41, 5.74) is 2.23. The summed E-state index contributed by atoms with van der Waals surface area (Å²) in [7, 11) is 2.11. The molecule has 2 aliphatic rings. The summed E-state index contributed by atoms with van der Waals surface area (Å²) in [5, 5.41) is 3.10. The van der Waals surface area contributed by atoms with Crippen molar-refractivity contribution in [2.24, 2.45) is 0 Å². The third kappa shape index (κ3) is 5.56. The van der Waals surface area contributed by atoms with E-state index < -0.39 is 5.82 Å². The summed E-state index contributed by atoms with van der Waals surface area (Å²) in [6.45, 7) is 5.73. The molecule has 9 nitrogen and oxygen atoms in total. The molecule has 5 rings (SSSR count). The number of halogens is 2. The molecule has 2 aliphatic heterocycles. The highest BCUT2D eigenvalue weighted by Gasteiger charge is 2.23. The van der Waals surface area contributed by atoms with Crippen LogP contribution in [-0.4, -0.2) is 83.6 Å². The first-order valence-electron chi connectivity index (χ1n) is 11.8. The van der Waals surface area contributed by atoms with Crippen LogP contribution in [0.3, 0.4) is 0 Å². The molecule has 3 aromatic rings. The number of amides is 1. The van der Waals surface area contributed by atoms with Crippen molar-refractivity contribution in [3.63, 3.8) is 0 Å². The van der Waals surface area contributed by atoms with Gasteiger partial charge in [-0.3, -0.25) is 9.78 Å². The molecule has 0 atom stereocenters. The van der Waals surface area contributed by atoms with Crippen LogP contribution in [0.5, 0.6) is 5.75 Å². The number of anilines is 3. The lowest BCUT2D eigenvalue weighted by Crippen LogP contribution is -2.45. The zero-order valence-electron chi connectivity index (χ0n) is 20.0. The minimum absolute atomic E-state index is 0.0718. The van der Waals surface area contributed by atoms with Gasteiger partial charge in [0.1, 0.15) is 17.6 Å². The minimum atomic E-state index is -0.513. The monoisotopic (exact) mass is 511 g/mol. The van der Waals surface area contributed by atoms with Gasteiger partial charge in [0.15, 0.2) is 11.6 Å². The molecule has 188 valence electrons. The van der Waals surface area contributed by atoms with Gasteiger partial charge in [-0.05, 0) is 25.2 Å². The molecular weight excluding hydrogens is 485 g/mol. The number of ether oxygens (including phenoxy) is 1. The zero-order valence-corrected chi connectivity index (χ0v) is 20.7. The lowest BCUT2D eigenvalue weighted by Gasteiger charge is -2.32. The molecule has 0 unspecified atom stereocenters. The number of hydrogen-bond donors (Lipinski definition) is 1. The van der Waals surface area contributed by atoms with Gasteiger partial charge in [0.2, 0.25) is 5.91 Å². The van der Waals surface area contributed by atoms with E-state index in [2.05, 4.69) is 37.1 Å². The van der Waals surface area contributed by atoms with Crippen molar-refractivity contribution < 1.29 is 13.9 Å². The van der Waals surface area contributed by atoms with Crippen LogP contribution in [0.4, 0.5) is 21.6 Å². The van der Waals surface area contributed by atoms with E-state index in [0.717, 1.165) is 50.3 Å². The van der Waals surface area contributed by atoms with E-state index in [1.807, 2.05) is 17.0 Å². The summed E-state index contributed by atoms with van der Waals surface area (Å²) in [6.07, 6.45) is 4.72. The second-order valence-corrected chi connectivity index (χ2v) is 9.25. The van der Waals surface area contributed by atoms with Gasteiger partial charge in [-0.2, -0.15) is 0 Å². The molecule has 0 aliphatic carbocycles. The normalized spacial score (nSPS) is 16.4. The van der Waals surface area contributed by atoms with Gasteiger partial charge in [0.25, 0.3) is 0 Å². The van der Waals surface area contributed by atoms with Crippen LogP contribution in [0, 0.1) is 5.82 Å². The molecule has 0 saturated carbocycles. The van der Waals surface area contributed by atoms with Gasteiger partial charge in [-0.25, -0.2) is 14.4 Å². The summed E-state index contributed by atoms with van der Waals surface area (Å²) in [6, 6.07) is 6.89. The van der Waals surface area contributed by atoms with E-state index in [9.17, 15) is 9.18 Å². The Morgan fingerprint density at radius 1 is 1.11 bits per heavy atom. The van der Waals surface area contributed by atoms with Crippen molar-refractivity contribution >= 4 is 34.7 Å². The Morgan fingerprint density at radius 2 is 1.94 bits per heavy atom. The number of carbonyl (C=O) groups is 1. The topological polar surface area (TPSA) is 86.7 Å². The maximum Gasteiger partial charge on any atom is 0.226 e.